The van der Waals surface area contributed by atoms with Crippen LogP contribution in [0.5, 0.6) is 0 Å². The van der Waals surface area contributed by atoms with Crippen molar-refractivity contribution < 1.29 is 13.6 Å². The van der Waals surface area contributed by atoms with Gasteiger partial charge in [0.1, 0.15) is 17.5 Å². The van der Waals surface area contributed by atoms with Crippen LogP contribution in [0.25, 0.3) is 0 Å². The van der Waals surface area contributed by atoms with Crippen LogP contribution < -0.4 is 5.32 Å². The first-order valence-corrected chi connectivity index (χ1v) is 7.44. The molecule has 1 fully saturated rings. The van der Waals surface area contributed by atoms with Crippen molar-refractivity contribution in [2.45, 2.75) is 38.1 Å². The summed E-state index contributed by atoms with van der Waals surface area (Å²) in [6.45, 7) is 0. The summed E-state index contributed by atoms with van der Waals surface area (Å²) in [4.78, 5) is 12.2. The molecule has 1 heterocycles. The molecule has 4 nitrogen and oxygen atoms in total. The summed E-state index contributed by atoms with van der Waals surface area (Å²) in [6.07, 6.45) is 7.19. The van der Waals surface area contributed by atoms with Gasteiger partial charge in [0, 0.05) is 17.7 Å². The molecule has 1 N–H and O–H groups in total. The number of amides is 1. The highest BCUT2D eigenvalue weighted by Crippen LogP contribution is 2.30. The highest BCUT2D eigenvalue weighted by molar-refractivity contribution is 6.03. The second kappa shape index (κ2) is 6.25. The first-order valence-electron chi connectivity index (χ1n) is 7.44. The summed E-state index contributed by atoms with van der Waals surface area (Å²) in [6, 6.07) is 4.73. The Morgan fingerprint density at radius 2 is 1.82 bits per heavy atom. The quantitative estimate of drug-likeness (QED) is 0.934. The van der Waals surface area contributed by atoms with Crippen molar-refractivity contribution in [2.24, 2.45) is 0 Å². The maximum absolute atomic E-state index is 13.2. The molecule has 1 amide bonds. The third kappa shape index (κ3) is 3.16. The van der Waals surface area contributed by atoms with Crippen LogP contribution in [-0.4, -0.2) is 15.7 Å². The molecule has 3 rings (SSSR count). The highest BCUT2D eigenvalue weighted by atomic mass is 19.1. The van der Waals surface area contributed by atoms with E-state index in [2.05, 4.69) is 10.4 Å². The van der Waals surface area contributed by atoms with Gasteiger partial charge in [-0.3, -0.25) is 4.79 Å². The molecule has 0 bridgehead atoms. The van der Waals surface area contributed by atoms with E-state index in [0.29, 0.717) is 5.82 Å². The van der Waals surface area contributed by atoms with E-state index in [0.717, 1.165) is 43.9 Å². The zero-order valence-electron chi connectivity index (χ0n) is 12.1. The van der Waals surface area contributed by atoms with E-state index < -0.39 is 17.5 Å². The summed E-state index contributed by atoms with van der Waals surface area (Å²) in [5, 5.41) is 6.96. The lowest BCUT2D eigenvalue weighted by molar-refractivity contribution is 0.102. The minimum Gasteiger partial charge on any atom is -0.307 e. The first-order chi connectivity index (χ1) is 10.6. The summed E-state index contributed by atoms with van der Waals surface area (Å²) in [5.74, 6) is -1.53. The lowest BCUT2D eigenvalue weighted by Crippen LogP contribution is -2.20. The van der Waals surface area contributed by atoms with Gasteiger partial charge in [-0.1, -0.05) is 19.3 Å². The second-order valence-corrected chi connectivity index (χ2v) is 5.57. The number of halogens is 2. The average molecular weight is 305 g/mol. The third-order valence-corrected chi connectivity index (χ3v) is 3.96. The molecule has 0 saturated heterocycles. The second-order valence-electron chi connectivity index (χ2n) is 5.57. The maximum atomic E-state index is 13.2. The molecular weight excluding hydrogens is 288 g/mol. The van der Waals surface area contributed by atoms with Gasteiger partial charge in [0.2, 0.25) is 0 Å². The number of carbonyl (C=O) groups is 1. The van der Waals surface area contributed by atoms with E-state index in [9.17, 15) is 13.6 Å². The number of anilines is 1. The van der Waals surface area contributed by atoms with Gasteiger partial charge in [-0.05, 0) is 25.0 Å². The molecule has 6 heteroatoms. The topological polar surface area (TPSA) is 46.9 Å². The minimum absolute atomic E-state index is 0.0473. The molecule has 116 valence electrons. The van der Waals surface area contributed by atoms with Gasteiger partial charge in [-0.15, -0.1) is 0 Å². The molecule has 1 aromatic carbocycles. The smallest absolute Gasteiger partial charge is 0.257 e. The fraction of sp³-hybridized carbons (Fsp3) is 0.375. The Labute approximate surface area is 127 Å². The number of benzene rings is 1. The summed E-state index contributed by atoms with van der Waals surface area (Å²) < 4.78 is 28.2. The Balaban J connectivity index is 1.78. The lowest BCUT2D eigenvalue weighted by Gasteiger charge is -2.23. The van der Waals surface area contributed by atoms with Crippen LogP contribution in [0.15, 0.2) is 30.5 Å². The molecule has 0 aliphatic heterocycles. The Morgan fingerprint density at radius 3 is 2.50 bits per heavy atom. The molecule has 0 unspecified atom stereocenters. The van der Waals surface area contributed by atoms with Gasteiger partial charge in [-0.2, -0.15) is 5.10 Å². The average Bonchev–Trinajstić information content (AvgIpc) is 2.95. The number of nitrogens with one attached hydrogen (secondary N) is 1. The van der Waals surface area contributed by atoms with Gasteiger partial charge in [-0.25, -0.2) is 13.5 Å². The van der Waals surface area contributed by atoms with E-state index in [1.54, 1.807) is 16.9 Å². The van der Waals surface area contributed by atoms with Gasteiger partial charge in [0.25, 0.3) is 5.91 Å². The predicted octanol–water partition coefficient (Wildman–Crippen LogP) is 3.92. The molecule has 0 radical (unpaired) electrons. The van der Waals surface area contributed by atoms with Crippen LogP contribution in [0.1, 0.15) is 48.5 Å². The minimum atomic E-state index is -0.772. The molecular formula is C16H17F2N3O. The van der Waals surface area contributed by atoms with Crippen LogP contribution in [-0.2, 0) is 0 Å². The van der Waals surface area contributed by atoms with Gasteiger partial charge in [0.15, 0.2) is 0 Å². The fourth-order valence-electron chi connectivity index (χ4n) is 2.90. The lowest BCUT2D eigenvalue weighted by atomic mass is 9.96. The molecule has 1 saturated carbocycles. The van der Waals surface area contributed by atoms with Gasteiger partial charge in [0.05, 0.1) is 12.2 Å². The number of hydrogen-bond acceptors (Lipinski definition) is 2. The Bertz CT molecular complexity index is 658. The summed E-state index contributed by atoms with van der Waals surface area (Å²) in [5.41, 5.74) is -0.0473. The van der Waals surface area contributed by atoms with Gasteiger partial charge < -0.3 is 5.32 Å². The van der Waals surface area contributed by atoms with Crippen molar-refractivity contribution in [3.63, 3.8) is 0 Å². The van der Waals surface area contributed by atoms with Crippen LogP contribution in [0.2, 0.25) is 0 Å². The standard InChI is InChI=1S/C16H17F2N3O/c17-12-8-11(9-13(18)10-12)16(22)20-15-6-7-19-21(15)14-4-2-1-3-5-14/h6-10,14H,1-5H2,(H,20,22). The van der Waals surface area contributed by atoms with Crippen molar-refractivity contribution in [2.75, 3.05) is 5.32 Å². The summed E-state index contributed by atoms with van der Waals surface area (Å²) in [7, 11) is 0. The zero-order valence-corrected chi connectivity index (χ0v) is 12.1. The van der Waals surface area contributed by atoms with E-state index in [1.165, 1.54) is 6.42 Å². The first kappa shape index (κ1) is 14.7. The third-order valence-electron chi connectivity index (χ3n) is 3.96. The Hall–Kier alpha value is -2.24. The van der Waals surface area contributed by atoms with E-state index in [-0.39, 0.29) is 11.6 Å². The Kier molecular flexibility index (Phi) is 4.18. The molecule has 1 aliphatic rings. The van der Waals surface area contributed by atoms with E-state index in [1.807, 2.05) is 0 Å². The monoisotopic (exact) mass is 305 g/mol. The number of rotatable bonds is 3. The molecule has 1 aromatic heterocycles. The number of aromatic nitrogens is 2. The van der Waals surface area contributed by atoms with Crippen molar-refractivity contribution in [1.82, 2.24) is 9.78 Å². The molecule has 22 heavy (non-hydrogen) atoms. The molecule has 0 atom stereocenters. The van der Waals surface area contributed by atoms with Crippen molar-refractivity contribution in [3.8, 4) is 0 Å². The van der Waals surface area contributed by atoms with Crippen LogP contribution in [0.4, 0.5) is 14.6 Å². The van der Waals surface area contributed by atoms with Crippen molar-refractivity contribution >= 4 is 11.7 Å². The highest BCUT2D eigenvalue weighted by Gasteiger charge is 2.19. The van der Waals surface area contributed by atoms with Crippen molar-refractivity contribution in [3.05, 3.63) is 47.7 Å². The number of hydrogen-bond donors (Lipinski definition) is 1. The van der Waals surface area contributed by atoms with Crippen molar-refractivity contribution in [1.29, 1.82) is 0 Å². The Morgan fingerprint density at radius 1 is 1.14 bits per heavy atom. The van der Waals surface area contributed by atoms with E-state index >= 15 is 0 Å². The zero-order chi connectivity index (χ0) is 15.5. The number of nitrogens with zero attached hydrogens (tertiary/aromatic N) is 2. The number of carbonyl (C=O) groups excluding carboxylic acids is 1. The van der Waals surface area contributed by atoms with Crippen LogP contribution >= 0.6 is 0 Å². The molecule has 2 aromatic rings. The largest absolute Gasteiger partial charge is 0.307 e. The predicted molar refractivity (Wildman–Crippen MR) is 78.7 cm³/mol. The molecule has 1 aliphatic carbocycles. The normalized spacial score (nSPS) is 15.7. The SMILES string of the molecule is O=C(Nc1ccnn1C1CCCCC1)c1cc(F)cc(F)c1. The van der Waals surface area contributed by atoms with Crippen LogP contribution in [0.3, 0.4) is 0 Å². The van der Waals surface area contributed by atoms with Gasteiger partial charge >= 0.3 is 0 Å². The molecule has 0 spiro atoms. The maximum Gasteiger partial charge on any atom is 0.257 e. The summed E-state index contributed by atoms with van der Waals surface area (Å²) >= 11 is 0. The van der Waals surface area contributed by atoms with Crippen LogP contribution in [0, 0.1) is 11.6 Å². The van der Waals surface area contributed by atoms with E-state index in [4.69, 9.17) is 0 Å². The fourth-order valence-corrected chi connectivity index (χ4v) is 2.90.